The second-order valence-electron chi connectivity index (χ2n) is 4.88. The van der Waals surface area contributed by atoms with Crippen molar-refractivity contribution < 1.29 is 24.2 Å². The van der Waals surface area contributed by atoms with Crippen molar-refractivity contribution in [2.45, 2.75) is 0 Å². The van der Waals surface area contributed by atoms with Crippen LogP contribution in [0.5, 0.6) is 23.0 Å². The molecule has 0 spiro atoms. The van der Waals surface area contributed by atoms with Gasteiger partial charge in [-0.1, -0.05) is 5.16 Å². The SMILES string of the molecule is COc1ccc2c(c1)ON=c1c(oc3cc(O)cc(O)c13)=C2. The van der Waals surface area contributed by atoms with Crippen LogP contribution >= 0.6 is 0 Å². The van der Waals surface area contributed by atoms with E-state index in [2.05, 4.69) is 5.16 Å². The van der Waals surface area contributed by atoms with Gasteiger partial charge in [0.2, 0.25) is 0 Å². The van der Waals surface area contributed by atoms with Gasteiger partial charge >= 0.3 is 0 Å². The van der Waals surface area contributed by atoms with E-state index in [0.29, 0.717) is 33.2 Å². The van der Waals surface area contributed by atoms with Crippen molar-refractivity contribution >= 4 is 17.0 Å². The van der Waals surface area contributed by atoms with Crippen LogP contribution < -0.4 is 20.3 Å². The summed E-state index contributed by atoms with van der Waals surface area (Å²) >= 11 is 0. The van der Waals surface area contributed by atoms with Crippen LogP contribution in [0.4, 0.5) is 0 Å². The Morgan fingerprint density at radius 2 is 2.00 bits per heavy atom. The smallest absolute Gasteiger partial charge is 0.169 e. The van der Waals surface area contributed by atoms with E-state index in [0.717, 1.165) is 5.56 Å². The molecule has 2 aromatic carbocycles. The normalized spacial score (nSPS) is 12.4. The van der Waals surface area contributed by atoms with Crippen molar-refractivity contribution in [2.75, 3.05) is 7.11 Å². The van der Waals surface area contributed by atoms with Gasteiger partial charge in [-0.3, -0.25) is 0 Å². The summed E-state index contributed by atoms with van der Waals surface area (Å²) in [5.74, 6) is 0.972. The van der Waals surface area contributed by atoms with Gasteiger partial charge in [-0.05, 0) is 18.2 Å². The molecule has 0 unspecified atom stereocenters. The number of hydrogen-bond donors (Lipinski definition) is 2. The molecule has 0 aliphatic carbocycles. The van der Waals surface area contributed by atoms with Crippen LogP contribution in [0.25, 0.3) is 17.0 Å². The topological polar surface area (TPSA) is 84.4 Å². The molecule has 0 fully saturated rings. The van der Waals surface area contributed by atoms with Gasteiger partial charge in [-0.25, -0.2) is 0 Å². The van der Waals surface area contributed by atoms with Gasteiger partial charge in [0.15, 0.2) is 16.5 Å². The zero-order valence-electron chi connectivity index (χ0n) is 11.5. The second-order valence-corrected chi connectivity index (χ2v) is 4.88. The molecular formula is C16H11NO5. The molecule has 0 bridgehead atoms. The number of hydrogen-bond acceptors (Lipinski definition) is 6. The molecule has 0 saturated heterocycles. The average Bonchev–Trinajstić information content (AvgIpc) is 2.73. The van der Waals surface area contributed by atoms with E-state index in [1.165, 1.54) is 12.1 Å². The van der Waals surface area contributed by atoms with Crippen LogP contribution in [-0.4, -0.2) is 17.3 Å². The van der Waals surface area contributed by atoms with Crippen LogP contribution in [0, 0.1) is 0 Å². The summed E-state index contributed by atoms with van der Waals surface area (Å²) in [5.41, 5.74) is 1.55. The van der Waals surface area contributed by atoms with E-state index >= 15 is 0 Å². The summed E-state index contributed by atoms with van der Waals surface area (Å²) in [6.45, 7) is 0. The lowest BCUT2D eigenvalue weighted by molar-refractivity contribution is 0.321. The first kappa shape index (κ1) is 12.6. The maximum atomic E-state index is 10.0. The number of aromatic hydroxyl groups is 2. The number of rotatable bonds is 1. The van der Waals surface area contributed by atoms with Crippen LogP contribution in [0.15, 0.2) is 39.9 Å². The molecule has 2 N–H and O–H groups in total. The summed E-state index contributed by atoms with van der Waals surface area (Å²) < 4.78 is 10.8. The lowest BCUT2D eigenvalue weighted by Crippen LogP contribution is -2.20. The van der Waals surface area contributed by atoms with Crippen molar-refractivity contribution in [3.8, 4) is 23.0 Å². The van der Waals surface area contributed by atoms with Crippen molar-refractivity contribution in [3.05, 3.63) is 46.7 Å². The summed E-state index contributed by atoms with van der Waals surface area (Å²) in [7, 11) is 1.57. The number of methoxy groups -OCH3 is 1. The molecule has 0 radical (unpaired) electrons. The van der Waals surface area contributed by atoms with Crippen molar-refractivity contribution in [3.63, 3.8) is 0 Å². The average molecular weight is 297 g/mol. The highest BCUT2D eigenvalue weighted by atomic mass is 16.6. The van der Waals surface area contributed by atoms with Crippen LogP contribution in [0.1, 0.15) is 5.56 Å². The fourth-order valence-electron chi connectivity index (χ4n) is 2.46. The number of ether oxygens (including phenoxy) is 1. The Kier molecular flexibility index (Phi) is 2.53. The third-order valence-corrected chi connectivity index (χ3v) is 3.50. The Morgan fingerprint density at radius 3 is 2.82 bits per heavy atom. The Labute approximate surface area is 124 Å². The summed E-state index contributed by atoms with van der Waals surface area (Å²) in [6.07, 6.45) is 1.76. The molecular weight excluding hydrogens is 286 g/mol. The van der Waals surface area contributed by atoms with E-state index in [9.17, 15) is 10.2 Å². The molecule has 1 aromatic heterocycles. The summed E-state index contributed by atoms with van der Waals surface area (Å²) in [4.78, 5) is 5.45. The van der Waals surface area contributed by atoms with Gasteiger partial charge < -0.3 is 24.2 Å². The zero-order valence-corrected chi connectivity index (χ0v) is 11.5. The van der Waals surface area contributed by atoms with Crippen LogP contribution in [-0.2, 0) is 0 Å². The molecule has 6 nitrogen and oxygen atoms in total. The monoisotopic (exact) mass is 297 g/mol. The first-order chi connectivity index (χ1) is 10.7. The van der Waals surface area contributed by atoms with Gasteiger partial charge in [-0.2, -0.15) is 0 Å². The molecule has 3 aromatic rings. The Bertz CT molecular complexity index is 1020. The predicted octanol–water partition coefficient (Wildman–Crippen LogP) is 1.61. The first-order valence-corrected chi connectivity index (χ1v) is 6.55. The summed E-state index contributed by atoms with van der Waals surface area (Å²) in [6, 6.07) is 7.99. The largest absolute Gasteiger partial charge is 0.508 e. The Balaban J connectivity index is 2.04. The molecule has 0 amide bonds. The van der Waals surface area contributed by atoms with Crippen LogP contribution in [0.2, 0.25) is 0 Å². The van der Waals surface area contributed by atoms with Crippen molar-refractivity contribution in [1.82, 2.24) is 0 Å². The van der Waals surface area contributed by atoms with Crippen molar-refractivity contribution in [1.29, 1.82) is 0 Å². The Morgan fingerprint density at radius 1 is 1.14 bits per heavy atom. The van der Waals surface area contributed by atoms with Crippen LogP contribution in [0.3, 0.4) is 0 Å². The fourth-order valence-corrected chi connectivity index (χ4v) is 2.46. The summed E-state index contributed by atoms with van der Waals surface area (Å²) in [5, 5.41) is 24.4. The highest BCUT2D eigenvalue weighted by Gasteiger charge is 2.15. The molecule has 110 valence electrons. The second kappa shape index (κ2) is 4.42. The molecule has 4 rings (SSSR count). The van der Waals surface area contributed by atoms with E-state index in [1.807, 2.05) is 6.07 Å². The van der Waals surface area contributed by atoms with E-state index in [1.54, 1.807) is 25.3 Å². The molecule has 1 aliphatic rings. The maximum absolute atomic E-state index is 10.0. The van der Waals surface area contributed by atoms with Gasteiger partial charge in [0.25, 0.3) is 0 Å². The highest BCUT2D eigenvalue weighted by molar-refractivity contribution is 5.85. The van der Waals surface area contributed by atoms with E-state index in [4.69, 9.17) is 14.0 Å². The van der Waals surface area contributed by atoms with Crippen molar-refractivity contribution in [2.24, 2.45) is 5.16 Å². The fraction of sp³-hybridized carbons (Fsp3) is 0.0625. The quantitative estimate of drug-likeness (QED) is 0.713. The van der Waals surface area contributed by atoms with Gasteiger partial charge in [-0.15, -0.1) is 0 Å². The molecule has 2 heterocycles. The first-order valence-electron chi connectivity index (χ1n) is 6.55. The van der Waals surface area contributed by atoms with Gasteiger partial charge in [0.05, 0.1) is 12.5 Å². The highest BCUT2D eigenvalue weighted by Crippen LogP contribution is 2.29. The number of fused-ring (bicyclic) bond motifs is 4. The standard InChI is InChI=1S/C16H11NO5/c1-20-10-3-2-8-4-14-16(17-22-12(8)7-10)15-11(19)5-9(18)6-13(15)21-14/h2-7,18-19H,1H3. The number of nitrogens with zero attached hydrogens (tertiary/aromatic N) is 1. The minimum atomic E-state index is -0.121. The number of phenols is 2. The minimum Gasteiger partial charge on any atom is -0.508 e. The molecule has 6 heteroatoms. The lowest BCUT2D eigenvalue weighted by atomic mass is 10.1. The zero-order chi connectivity index (χ0) is 15.3. The van der Waals surface area contributed by atoms with Gasteiger partial charge in [0, 0.05) is 23.8 Å². The third kappa shape index (κ3) is 1.77. The third-order valence-electron chi connectivity index (χ3n) is 3.50. The van der Waals surface area contributed by atoms with Gasteiger partial charge in [0.1, 0.15) is 22.8 Å². The predicted molar refractivity (Wildman–Crippen MR) is 77.5 cm³/mol. The molecule has 0 atom stereocenters. The molecule has 1 aliphatic heterocycles. The Hall–Kier alpha value is -3.15. The number of furan rings is 1. The maximum Gasteiger partial charge on any atom is 0.169 e. The minimum absolute atomic E-state index is 0.0834. The van der Waals surface area contributed by atoms with E-state index < -0.39 is 0 Å². The number of phenolic OH excluding ortho intramolecular Hbond substituents is 2. The molecule has 0 saturated carbocycles. The number of benzene rings is 2. The lowest BCUT2D eigenvalue weighted by Gasteiger charge is -2.04. The molecule has 22 heavy (non-hydrogen) atoms. The van der Waals surface area contributed by atoms with E-state index in [-0.39, 0.29) is 11.5 Å².